The van der Waals surface area contributed by atoms with Crippen LogP contribution in [0, 0.1) is 0 Å². The third kappa shape index (κ3) is 1.54. The Hall–Kier alpha value is -2.55. The van der Waals surface area contributed by atoms with Crippen molar-refractivity contribution in [1.29, 1.82) is 0 Å². The van der Waals surface area contributed by atoms with Crippen LogP contribution in [0.4, 0.5) is 5.69 Å². The van der Waals surface area contributed by atoms with Crippen LogP contribution in [0.5, 0.6) is 5.75 Å². The van der Waals surface area contributed by atoms with E-state index in [4.69, 9.17) is 4.74 Å². The molecule has 0 aromatic heterocycles. The maximum atomic E-state index is 13.2. The molecule has 0 bridgehead atoms. The first-order chi connectivity index (χ1) is 10.7. The Kier molecular flexibility index (Phi) is 2.67. The molecule has 22 heavy (non-hydrogen) atoms. The Balaban J connectivity index is 1.88. The number of hydrogen-bond acceptors (Lipinski definition) is 3. The Bertz CT molecular complexity index is 809. The van der Waals surface area contributed by atoms with Crippen LogP contribution in [0.2, 0.25) is 0 Å². The van der Waals surface area contributed by atoms with Gasteiger partial charge in [0.15, 0.2) is 5.78 Å². The number of fused-ring (bicyclic) bond motifs is 2. The van der Waals surface area contributed by atoms with Gasteiger partial charge in [-0.25, -0.2) is 0 Å². The number of ether oxygens (including phenoxy) is 1. The summed E-state index contributed by atoms with van der Waals surface area (Å²) in [7, 11) is 3.61. The van der Waals surface area contributed by atoms with Crippen molar-refractivity contribution < 1.29 is 9.53 Å². The predicted octanol–water partition coefficient (Wildman–Crippen LogP) is 3.34. The van der Waals surface area contributed by atoms with Gasteiger partial charge in [0.05, 0.1) is 12.7 Å². The van der Waals surface area contributed by atoms with E-state index in [1.165, 1.54) is 0 Å². The number of likely N-dealkylation sites (N-methyl/N-ethyl adjacent to an activating group) is 1. The van der Waals surface area contributed by atoms with E-state index in [9.17, 15) is 4.79 Å². The lowest BCUT2D eigenvalue weighted by atomic mass is 9.87. The zero-order chi connectivity index (χ0) is 15.3. The monoisotopic (exact) mass is 291 g/mol. The van der Waals surface area contributed by atoms with Crippen LogP contribution in [-0.2, 0) is 6.42 Å². The summed E-state index contributed by atoms with van der Waals surface area (Å²) in [6.45, 7) is 0. The van der Waals surface area contributed by atoms with Crippen LogP contribution in [-0.4, -0.2) is 25.5 Å². The van der Waals surface area contributed by atoms with Crippen LogP contribution in [0.15, 0.2) is 48.5 Å². The van der Waals surface area contributed by atoms with E-state index in [2.05, 4.69) is 23.1 Å². The number of methoxy groups -OCH3 is 1. The second kappa shape index (κ2) is 4.47. The minimum Gasteiger partial charge on any atom is -0.496 e. The number of benzene rings is 2. The smallest absolute Gasteiger partial charge is 0.196 e. The number of hydrogen-bond donors (Lipinski definition) is 0. The van der Waals surface area contributed by atoms with Crippen molar-refractivity contribution in [1.82, 2.24) is 0 Å². The van der Waals surface area contributed by atoms with E-state index < -0.39 is 5.54 Å². The van der Waals surface area contributed by atoms with Crippen molar-refractivity contribution in [2.75, 3.05) is 19.1 Å². The minimum atomic E-state index is -0.634. The van der Waals surface area contributed by atoms with Gasteiger partial charge in [-0.05, 0) is 23.3 Å². The van der Waals surface area contributed by atoms with Crippen LogP contribution in [0.1, 0.15) is 21.5 Å². The lowest BCUT2D eigenvalue weighted by Gasteiger charge is -2.40. The molecule has 1 spiro atoms. The van der Waals surface area contributed by atoms with Crippen molar-refractivity contribution in [3.05, 3.63) is 65.2 Å². The summed E-state index contributed by atoms with van der Waals surface area (Å²) in [6.07, 6.45) is 4.78. The molecule has 0 saturated carbocycles. The Morgan fingerprint density at radius 1 is 1.14 bits per heavy atom. The molecule has 1 aliphatic carbocycles. The number of para-hydroxylation sites is 1. The van der Waals surface area contributed by atoms with Crippen LogP contribution in [0.3, 0.4) is 0 Å². The van der Waals surface area contributed by atoms with Crippen molar-refractivity contribution >= 4 is 17.5 Å². The predicted molar refractivity (Wildman–Crippen MR) is 87.6 cm³/mol. The van der Waals surface area contributed by atoms with Gasteiger partial charge in [0, 0.05) is 19.2 Å². The Morgan fingerprint density at radius 3 is 2.77 bits per heavy atom. The van der Waals surface area contributed by atoms with Gasteiger partial charge in [-0.1, -0.05) is 42.5 Å². The SMILES string of the molecule is COc1cccc2c1C(=O)C1(C=Cc3ccccc3N1C)C2. The van der Waals surface area contributed by atoms with E-state index in [1.807, 2.05) is 43.5 Å². The Labute approximate surface area is 129 Å². The topological polar surface area (TPSA) is 29.5 Å². The third-order valence-electron chi connectivity index (χ3n) is 4.85. The average molecular weight is 291 g/mol. The molecular formula is C19H17NO2. The number of Topliss-reactive ketones (excluding diaryl/α,β-unsaturated/α-hetero) is 1. The summed E-state index contributed by atoms with van der Waals surface area (Å²) in [5.74, 6) is 0.785. The minimum absolute atomic E-state index is 0.119. The molecule has 1 heterocycles. The Morgan fingerprint density at radius 2 is 1.95 bits per heavy atom. The highest BCUT2D eigenvalue weighted by atomic mass is 16.5. The van der Waals surface area contributed by atoms with Gasteiger partial charge in [0.25, 0.3) is 0 Å². The standard InChI is InChI=1S/C19H17NO2/c1-20-15-8-4-3-6-13(15)10-11-19(20)12-14-7-5-9-16(22-2)17(14)18(19)21/h3-11H,12H2,1-2H3. The highest BCUT2D eigenvalue weighted by Gasteiger charge is 2.49. The maximum absolute atomic E-state index is 13.2. The third-order valence-corrected chi connectivity index (χ3v) is 4.85. The molecule has 2 aromatic rings. The number of carbonyl (C=O) groups excluding carboxylic acids is 1. The van der Waals surface area contributed by atoms with E-state index in [0.29, 0.717) is 12.2 Å². The molecule has 2 aromatic carbocycles. The fraction of sp³-hybridized carbons (Fsp3) is 0.211. The first-order valence-corrected chi connectivity index (χ1v) is 7.40. The van der Waals surface area contributed by atoms with Crippen LogP contribution in [0.25, 0.3) is 6.08 Å². The lowest BCUT2D eigenvalue weighted by Crippen LogP contribution is -2.51. The van der Waals surface area contributed by atoms with Crippen molar-refractivity contribution in [2.45, 2.75) is 12.0 Å². The fourth-order valence-corrected chi connectivity index (χ4v) is 3.63. The molecule has 0 amide bonds. The molecule has 0 radical (unpaired) electrons. The number of rotatable bonds is 1. The normalized spacial score (nSPS) is 21.9. The summed E-state index contributed by atoms with van der Waals surface area (Å²) in [5.41, 5.74) is 3.38. The van der Waals surface area contributed by atoms with Gasteiger partial charge in [-0.15, -0.1) is 0 Å². The number of carbonyl (C=O) groups is 1. The second-order valence-electron chi connectivity index (χ2n) is 5.88. The fourth-order valence-electron chi connectivity index (χ4n) is 3.63. The largest absolute Gasteiger partial charge is 0.496 e. The summed E-state index contributed by atoms with van der Waals surface area (Å²) < 4.78 is 5.40. The molecule has 110 valence electrons. The summed E-state index contributed by atoms with van der Waals surface area (Å²) in [4.78, 5) is 15.3. The van der Waals surface area contributed by atoms with Crippen molar-refractivity contribution in [3.63, 3.8) is 0 Å². The molecule has 4 rings (SSSR count). The quantitative estimate of drug-likeness (QED) is 0.807. The molecule has 1 unspecified atom stereocenters. The van der Waals surface area contributed by atoms with Crippen LogP contribution >= 0.6 is 0 Å². The zero-order valence-corrected chi connectivity index (χ0v) is 12.7. The molecule has 3 nitrogen and oxygen atoms in total. The van der Waals surface area contributed by atoms with Gasteiger partial charge in [0.2, 0.25) is 0 Å². The second-order valence-corrected chi connectivity index (χ2v) is 5.88. The molecule has 1 aliphatic heterocycles. The van der Waals surface area contributed by atoms with Crippen molar-refractivity contribution in [2.24, 2.45) is 0 Å². The maximum Gasteiger partial charge on any atom is 0.196 e. The lowest BCUT2D eigenvalue weighted by molar-refractivity contribution is 0.0932. The zero-order valence-electron chi connectivity index (χ0n) is 12.7. The van der Waals surface area contributed by atoms with E-state index in [1.54, 1.807) is 7.11 Å². The average Bonchev–Trinajstić information content (AvgIpc) is 2.85. The first kappa shape index (κ1) is 13.1. The van der Waals surface area contributed by atoms with Gasteiger partial charge < -0.3 is 9.64 Å². The highest BCUT2D eigenvalue weighted by Crippen LogP contribution is 2.44. The van der Waals surface area contributed by atoms with Gasteiger partial charge in [-0.2, -0.15) is 0 Å². The summed E-state index contributed by atoms with van der Waals surface area (Å²) in [6, 6.07) is 14.0. The van der Waals surface area contributed by atoms with Gasteiger partial charge in [0.1, 0.15) is 11.3 Å². The molecular weight excluding hydrogens is 274 g/mol. The van der Waals surface area contributed by atoms with E-state index >= 15 is 0 Å². The molecule has 3 heteroatoms. The van der Waals surface area contributed by atoms with E-state index in [0.717, 1.165) is 22.4 Å². The number of ketones is 1. The molecule has 1 atom stereocenters. The molecule has 2 aliphatic rings. The highest BCUT2D eigenvalue weighted by molar-refractivity contribution is 6.14. The molecule has 0 fully saturated rings. The van der Waals surface area contributed by atoms with Gasteiger partial charge in [-0.3, -0.25) is 4.79 Å². The van der Waals surface area contributed by atoms with Crippen molar-refractivity contribution in [3.8, 4) is 5.75 Å². The van der Waals surface area contributed by atoms with Gasteiger partial charge >= 0.3 is 0 Å². The summed E-state index contributed by atoms with van der Waals surface area (Å²) >= 11 is 0. The number of anilines is 1. The first-order valence-electron chi connectivity index (χ1n) is 7.40. The molecule has 0 N–H and O–H groups in total. The van der Waals surface area contributed by atoms with Crippen LogP contribution < -0.4 is 9.64 Å². The molecule has 0 saturated heterocycles. The van der Waals surface area contributed by atoms with E-state index in [-0.39, 0.29) is 5.78 Å². The number of nitrogens with zero attached hydrogens (tertiary/aromatic N) is 1. The summed E-state index contributed by atoms with van der Waals surface area (Å²) in [5, 5.41) is 0.